The van der Waals surface area contributed by atoms with E-state index in [9.17, 15) is 9.59 Å². The second-order valence-corrected chi connectivity index (χ2v) is 3.56. The first kappa shape index (κ1) is 13.7. The molecule has 1 heterocycles. The van der Waals surface area contributed by atoms with E-state index in [2.05, 4.69) is 39.0 Å². The van der Waals surface area contributed by atoms with E-state index >= 15 is 0 Å². The maximum atomic E-state index is 10.6. The molecule has 1 rings (SSSR count). The van der Waals surface area contributed by atoms with Gasteiger partial charge in [0, 0.05) is 13.1 Å². The van der Waals surface area contributed by atoms with E-state index < -0.39 is 5.97 Å². The number of esters is 1. The van der Waals surface area contributed by atoms with Crippen molar-refractivity contribution >= 4 is 34.5 Å². The molecule has 5 nitrogen and oxygen atoms in total. The second-order valence-electron chi connectivity index (χ2n) is 2.31. The zero-order valence-electron chi connectivity index (χ0n) is 8.31. The fourth-order valence-corrected chi connectivity index (χ4v) is 0.929. The summed E-state index contributed by atoms with van der Waals surface area (Å²) in [5, 5.41) is 3.77. The Morgan fingerprint density at radius 2 is 2.27 bits per heavy atom. The van der Waals surface area contributed by atoms with Crippen LogP contribution >= 0.6 is 22.6 Å². The Balaban J connectivity index is 0.000000288. The van der Waals surface area contributed by atoms with Crippen LogP contribution in [0.15, 0.2) is 18.5 Å². The molecule has 1 aromatic rings. The summed E-state index contributed by atoms with van der Waals surface area (Å²) in [6.07, 6.45) is 4.19. The third kappa shape index (κ3) is 5.92. The molecule has 0 aliphatic rings. The lowest BCUT2D eigenvalue weighted by atomic mass is 10.7. The summed E-state index contributed by atoms with van der Waals surface area (Å²) in [7, 11) is 1.27. The van der Waals surface area contributed by atoms with E-state index in [1.807, 2.05) is 0 Å². The lowest BCUT2D eigenvalue weighted by molar-refractivity contribution is -0.134. The van der Waals surface area contributed by atoms with Crippen LogP contribution in [-0.2, 0) is 9.53 Å². The van der Waals surface area contributed by atoms with Crippen molar-refractivity contribution in [2.45, 2.75) is 6.92 Å². The number of ether oxygens (including phenoxy) is 1. The maximum absolute atomic E-state index is 10.6. The lowest BCUT2D eigenvalue weighted by Crippen LogP contribution is -2.04. The van der Waals surface area contributed by atoms with Crippen LogP contribution in [0.3, 0.4) is 0 Å². The molecule has 0 amide bonds. The molecule has 0 aliphatic heterocycles. The predicted octanol–water partition coefficient (Wildman–Crippen LogP) is 1.30. The van der Waals surface area contributed by atoms with Gasteiger partial charge in [-0.3, -0.25) is 4.79 Å². The number of halogens is 1. The van der Waals surface area contributed by atoms with Gasteiger partial charge >= 0.3 is 5.97 Å². The van der Waals surface area contributed by atoms with Gasteiger partial charge in [0.15, 0.2) is 0 Å². The molecule has 0 N–H and O–H groups in total. The monoisotopic (exact) mass is 321 g/mol. The minimum absolute atomic E-state index is 0.0575. The van der Waals surface area contributed by atoms with Crippen molar-refractivity contribution in [2.24, 2.45) is 0 Å². The minimum atomic E-state index is -0.505. The summed E-state index contributed by atoms with van der Waals surface area (Å²) in [4.78, 5) is 20.3. The van der Waals surface area contributed by atoms with Crippen molar-refractivity contribution in [1.82, 2.24) is 9.78 Å². The van der Waals surface area contributed by atoms with E-state index in [0.717, 1.165) is 9.65 Å². The molecular weight excluding hydrogens is 311 g/mol. The van der Waals surface area contributed by atoms with Crippen molar-refractivity contribution in [3.05, 3.63) is 28.6 Å². The first-order chi connectivity index (χ1) is 7.01. The molecule has 0 saturated heterocycles. The SMILES string of the molecule is CC(=O)n1cc(I)cn1.[CH+]=CC(=O)OC. The molecule has 0 atom stereocenters. The first-order valence-corrected chi connectivity index (χ1v) is 4.93. The molecule has 15 heavy (non-hydrogen) atoms. The minimum Gasteiger partial charge on any atom is -0.376 e. The molecule has 0 aliphatic carbocycles. The molecule has 1 aromatic heterocycles. The third-order valence-corrected chi connectivity index (χ3v) is 1.77. The van der Waals surface area contributed by atoms with E-state index in [0.29, 0.717) is 0 Å². The largest absolute Gasteiger partial charge is 0.483 e. The molecule has 0 unspecified atom stereocenters. The second kappa shape index (κ2) is 7.08. The number of hydrogen-bond donors (Lipinski definition) is 0. The van der Waals surface area contributed by atoms with Gasteiger partial charge in [-0.25, -0.2) is 4.68 Å². The van der Waals surface area contributed by atoms with Gasteiger partial charge in [-0.15, -0.1) is 4.79 Å². The first-order valence-electron chi connectivity index (χ1n) is 3.85. The average molecular weight is 321 g/mol. The van der Waals surface area contributed by atoms with Gasteiger partial charge in [0.25, 0.3) is 0 Å². The normalized spacial score (nSPS) is 8.40. The molecule has 0 radical (unpaired) electrons. The Morgan fingerprint density at radius 1 is 1.67 bits per heavy atom. The highest BCUT2D eigenvalue weighted by Gasteiger charge is 1.97. The van der Waals surface area contributed by atoms with Crippen LogP contribution in [-0.4, -0.2) is 28.8 Å². The molecule has 0 spiro atoms. The number of aromatic nitrogens is 2. The van der Waals surface area contributed by atoms with Crippen LogP contribution < -0.4 is 0 Å². The molecule has 80 valence electrons. The van der Waals surface area contributed by atoms with Crippen LogP contribution in [0.1, 0.15) is 11.7 Å². The third-order valence-electron chi connectivity index (χ3n) is 1.21. The standard InChI is InChI=1S/C5H5IN2O.C4H5O2/c1-4(9)8-3-5(6)2-7-8;1-3-4(5)6-2/h2-3H,1H3;1,3H,2H3/q;+1. The average Bonchev–Trinajstić information content (AvgIpc) is 2.64. The molecular formula is C9H10IN2O3+. The molecule has 0 saturated carbocycles. The molecule has 0 bridgehead atoms. The van der Waals surface area contributed by atoms with Crippen LogP contribution in [0.4, 0.5) is 0 Å². The van der Waals surface area contributed by atoms with Crippen LogP contribution in [0.2, 0.25) is 0 Å². The summed E-state index contributed by atoms with van der Waals surface area (Å²) in [5.41, 5.74) is 0. The molecule has 6 heteroatoms. The molecule has 0 fully saturated rings. The van der Waals surface area contributed by atoms with Gasteiger partial charge in [0.1, 0.15) is 7.11 Å². The Morgan fingerprint density at radius 3 is 2.40 bits per heavy atom. The Labute approximate surface area is 101 Å². The summed E-state index contributed by atoms with van der Waals surface area (Å²) in [5.74, 6) is -0.562. The summed E-state index contributed by atoms with van der Waals surface area (Å²) in [6, 6.07) is 0. The fourth-order valence-electron chi connectivity index (χ4n) is 0.541. The lowest BCUT2D eigenvalue weighted by Gasteiger charge is -1.87. The van der Waals surface area contributed by atoms with Crippen LogP contribution in [0.25, 0.3) is 0 Å². The Kier molecular flexibility index (Phi) is 6.48. The van der Waals surface area contributed by atoms with E-state index in [1.54, 1.807) is 12.4 Å². The van der Waals surface area contributed by atoms with Crippen molar-refractivity contribution in [2.75, 3.05) is 7.11 Å². The maximum Gasteiger partial charge on any atom is 0.483 e. The number of methoxy groups -OCH3 is 1. The Hall–Kier alpha value is -1.27. The smallest absolute Gasteiger partial charge is 0.376 e. The van der Waals surface area contributed by atoms with E-state index in [1.165, 1.54) is 18.7 Å². The highest BCUT2D eigenvalue weighted by molar-refractivity contribution is 14.1. The van der Waals surface area contributed by atoms with Crippen LogP contribution in [0, 0.1) is 10.1 Å². The summed E-state index contributed by atoms with van der Waals surface area (Å²) >= 11 is 2.10. The van der Waals surface area contributed by atoms with Gasteiger partial charge in [-0.2, -0.15) is 5.10 Å². The van der Waals surface area contributed by atoms with Crippen LogP contribution in [0.5, 0.6) is 0 Å². The Bertz CT molecular complexity index is 360. The van der Waals surface area contributed by atoms with Crippen molar-refractivity contribution < 1.29 is 14.3 Å². The number of nitrogens with zero attached hydrogens (tertiary/aromatic N) is 2. The number of hydrogen-bond acceptors (Lipinski definition) is 4. The van der Waals surface area contributed by atoms with Gasteiger partial charge in [0.2, 0.25) is 12.0 Å². The zero-order chi connectivity index (χ0) is 11.8. The van der Waals surface area contributed by atoms with E-state index in [-0.39, 0.29) is 5.91 Å². The highest BCUT2D eigenvalue weighted by Crippen LogP contribution is 1.99. The fraction of sp³-hybridized carbons (Fsp3) is 0.222. The van der Waals surface area contributed by atoms with Gasteiger partial charge < -0.3 is 4.74 Å². The quantitative estimate of drug-likeness (QED) is 0.338. The van der Waals surface area contributed by atoms with Gasteiger partial charge in [-0.05, 0) is 22.6 Å². The summed E-state index contributed by atoms with van der Waals surface area (Å²) < 4.78 is 6.36. The van der Waals surface area contributed by atoms with Gasteiger partial charge in [0.05, 0.1) is 16.3 Å². The predicted molar refractivity (Wildman–Crippen MR) is 62.1 cm³/mol. The molecule has 0 aromatic carbocycles. The number of rotatable bonds is 1. The zero-order valence-corrected chi connectivity index (χ0v) is 10.5. The topological polar surface area (TPSA) is 61.2 Å². The number of carbonyl (C=O) groups excluding carboxylic acids is 2. The van der Waals surface area contributed by atoms with Crippen molar-refractivity contribution in [3.8, 4) is 0 Å². The summed E-state index contributed by atoms with van der Waals surface area (Å²) in [6.45, 7) is 6.16. The van der Waals surface area contributed by atoms with E-state index in [4.69, 9.17) is 0 Å². The number of carbonyl (C=O) groups is 2. The highest BCUT2D eigenvalue weighted by atomic mass is 127. The van der Waals surface area contributed by atoms with Crippen molar-refractivity contribution in [1.29, 1.82) is 0 Å². The van der Waals surface area contributed by atoms with Crippen molar-refractivity contribution in [3.63, 3.8) is 0 Å². The van der Waals surface area contributed by atoms with Gasteiger partial charge in [-0.1, -0.05) is 0 Å².